The number of nitrogens with one attached hydrogen (secondary N) is 1. The summed E-state index contributed by atoms with van der Waals surface area (Å²) >= 11 is 5.37. The molecule has 0 bridgehead atoms. The number of aromatic nitrogens is 1. The molecule has 4 rings (SSSR count). The summed E-state index contributed by atoms with van der Waals surface area (Å²) in [7, 11) is 0. The van der Waals surface area contributed by atoms with Crippen LogP contribution in [0.5, 0.6) is 0 Å². The van der Waals surface area contributed by atoms with E-state index in [1.54, 1.807) is 11.3 Å². The van der Waals surface area contributed by atoms with E-state index in [-0.39, 0.29) is 0 Å². The zero-order chi connectivity index (χ0) is 15.7. The van der Waals surface area contributed by atoms with E-state index in [9.17, 15) is 0 Å². The fourth-order valence-corrected chi connectivity index (χ4v) is 5.04. The van der Waals surface area contributed by atoms with Gasteiger partial charge in [0, 0.05) is 28.6 Å². The molecule has 122 valence electrons. The van der Waals surface area contributed by atoms with E-state index in [4.69, 9.17) is 0 Å². The summed E-state index contributed by atoms with van der Waals surface area (Å²) in [6.45, 7) is 4.35. The molecule has 0 radical (unpaired) electrons. The molecule has 1 saturated carbocycles. The Bertz CT molecular complexity index is 652. The third-order valence-electron chi connectivity index (χ3n) is 5.28. The predicted octanol–water partition coefficient (Wildman–Crippen LogP) is 4.05. The van der Waals surface area contributed by atoms with Gasteiger partial charge in [0.25, 0.3) is 0 Å². The number of halogens is 1. The summed E-state index contributed by atoms with van der Waals surface area (Å²) in [5.41, 5.74) is 1.95. The van der Waals surface area contributed by atoms with Crippen LogP contribution in [0.2, 0.25) is 0 Å². The molecule has 1 aliphatic carbocycles. The van der Waals surface area contributed by atoms with Crippen molar-refractivity contribution in [1.82, 2.24) is 15.2 Å². The van der Waals surface area contributed by atoms with Gasteiger partial charge in [0.1, 0.15) is 5.01 Å². The second kappa shape index (κ2) is 6.63. The summed E-state index contributed by atoms with van der Waals surface area (Å²) in [5.74, 6) is 0. The molecular weight excluding hydrogens is 370 g/mol. The third-order valence-corrected chi connectivity index (χ3v) is 6.54. The van der Waals surface area contributed by atoms with Crippen LogP contribution in [0, 0.1) is 5.41 Å². The van der Waals surface area contributed by atoms with Gasteiger partial charge in [-0.3, -0.25) is 4.90 Å². The molecule has 0 amide bonds. The zero-order valence-electron chi connectivity index (χ0n) is 13.2. The summed E-state index contributed by atoms with van der Waals surface area (Å²) in [6.07, 6.45) is 5.92. The largest absolute Gasteiger partial charge is 0.317 e. The lowest BCUT2D eigenvalue weighted by Crippen LogP contribution is -2.35. The minimum Gasteiger partial charge on any atom is -0.317 e. The van der Waals surface area contributed by atoms with Gasteiger partial charge in [0.2, 0.25) is 0 Å². The quantitative estimate of drug-likeness (QED) is 0.832. The second-order valence-electron chi connectivity index (χ2n) is 6.79. The van der Waals surface area contributed by atoms with Crippen molar-refractivity contribution in [2.45, 2.75) is 38.4 Å². The lowest BCUT2D eigenvalue weighted by atomic mass is 9.93. The molecule has 1 atom stereocenters. The topological polar surface area (TPSA) is 28.2 Å². The third kappa shape index (κ3) is 3.53. The molecule has 1 aromatic heterocycles. The lowest BCUT2D eigenvalue weighted by molar-refractivity contribution is 0.188. The number of piperidine rings is 1. The normalized spacial score (nSPS) is 22.6. The minimum absolute atomic E-state index is 0.564. The van der Waals surface area contributed by atoms with Crippen molar-refractivity contribution in [3.63, 3.8) is 0 Å². The highest BCUT2D eigenvalue weighted by Crippen LogP contribution is 2.56. The molecule has 2 fully saturated rings. The maximum absolute atomic E-state index is 4.51. The Balaban J connectivity index is 1.52. The van der Waals surface area contributed by atoms with Crippen LogP contribution in [0.3, 0.4) is 0 Å². The Hall–Kier alpha value is -0.750. The van der Waals surface area contributed by atoms with Gasteiger partial charge >= 0.3 is 0 Å². The zero-order valence-corrected chi connectivity index (χ0v) is 15.6. The second-order valence-corrected chi connectivity index (χ2v) is 8.69. The summed E-state index contributed by atoms with van der Waals surface area (Å²) < 4.78 is 1.16. The number of nitrogens with zero attached hydrogens (tertiary/aromatic N) is 2. The first kappa shape index (κ1) is 15.8. The molecule has 1 N–H and O–H groups in total. The van der Waals surface area contributed by atoms with Gasteiger partial charge in [-0.05, 0) is 55.5 Å². The van der Waals surface area contributed by atoms with Crippen molar-refractivity contribution < 1.29 is 0 Å². The Labute approximate surface area is 150 Å². The van der Waals surface area contributed by atoms with Gasteiger partial charge in [-0.1, -0.05) is 28.1 Å². The van der Waals surface area contributed by atoms with Crippen LogP contribution in [-0.2, 0) is 13.1 Å². The predicted molar refractivity (Wildman–Crippen MR) is 98.4 cm³/mol. The van der Waals surface area contributed by atoms with Crippen LogP contribution < -0.4 is 5.32 Å². The Morgan fingerprint density at radius 3 is 2.91 bits per heavy atom. The number of benzene rings is 1. The number of hydrogen-bond donors (Lipinski definition) is 1. The summed E-state index contributed by atoms with van der Waals surface area (Å²) in [6, 6.07) is 9.42. The monoisotopic (exact) mass is 391 g/mol. The highest BCUT2D eigenvalue weighted by molar-refractivity contribution is 9.10. The maximum atomic E-state index is 4.51. The maximum Gasteiger partial charge on any atom is 0.107 e. The molecule has 3 nitrogen and oxygen atoms in total. The van der Waals surface area contributed by atoms with Gasteiger partial charge in [-0.2, -0.15) is 0 Å². The van der Waals surface area contributed by atoms with Crippen molar-refractivity contribution in [1.29, 1.82) is 0 Å². The van der Waals surface area contributed by atoms with E-state index in [2.05, 4.69) is 60.8 Å². The molecule has 2 aromatic rings. The van der Waals surface area contributed by atoms with Crippen LogP contribution in [-0.4, -0.2) is 29.0 Å². The molecule has 2 aliphatic rings. The molecule has 1 spiro atoms. The smallest absolute Gasteiger partial charge is 0.107 e. The van der Waals surface area contributed by atoms with E-state index in [0.29, 0.717) is 11.5 Å². The van der Waals surface area contributed by atoms with E-state index in [0.717, 1.165) is 17.6 Å². The SMILES string of the molecule is Brc1cccc(CN(Cc2nccs2)C2CC23CCNCC3)c1. The molecular formula is C18H22BrN3S. The number of hydrogen-bond acceptors (Lipinski definition) is 4. The Morgan fingerprint density at radius 1 is 1.30 bits per heavy atom. The van der Waals surface area contributed by atoms with E-state index in [1.807, 2.05) is 6.20 Å². The number of rotatable bonds is 5. The molecule has 5 heteroatoms. The van der Waals surface area contributed by atoms with Crippen LogP contribution in [0.4, 0.5) is 0 Å². The Morgan fingerprint density at radius 2 is 2.17 bits per heavy atom. The standard InChI is InChI=1S/C18H22BrN3S/c19-15-3-1-2-14(10-15)12-22(13-17-21-8-9-23-17)16-11-18(16)4-6-20-7-5-18/h1-3,8-10,16,20H,4-7,11-13H2. The lowest BCUT2D eigenvalue weighted by Gasteiger charge is -2.29. The van der Waals surface area contributed by atoms with Crippen molar-refractivity contribution in [3.8, 4) is 0 Å². The highest BCUT2D eigenvalue weighted by atomic mass is 79.9. The summed E-state index contributed by atoms with van der Waals surface area (Å²) in [5, 5.41) is 6.82. The first-order valence-electron chi connectivity index (χ1n) is 8.33. The van der Waals surface area contributed by atoms with E-state index < -0.39 is 0 Å². The van der Waals surface area contributed by atoms with Gasteiger partial charge < -0.3 is 5.32 Å². The average molecular weight is 392 g/mol. The van der Waals surface area contributed by atoms with Crippen LogP contribution in [0.15, 0.2) is 40.3 Å². The molecule has 1 saturated heterocycles. The fourth-order valence-electron chi connectivity index (χ4n) is 3.96. The first-order valence-corrected chi connectivity index (χ1v) is 10.0. The molecule has 2 heterocycles. The van der Waals surface area contributed by atoms with Crippen LogP contribution in [0.1, 0.15) is 29.8 Å². The Kier molecular flexibility index (Phi) is 4.54. The van der Waals surface area contributed by atoms with Crippen molar-refractivity contribution in [2.24, 2.45) is 5.41 Å². The number of thiazole rings is 1. The van der Waals surface area contributed by atoms with E-state index in [1.165, 1.54) is 42.9 Å². The average Bonchev–Trinajstić information content (AvgIpc) is 2.99. The van der Waals surface area contributed by atoms with Crippen LogP contribution in [0.25, 0.3) is 0 Å². The summed E-state index contributed by atoms with van der Waals surface area (Å²) in [4.78, 5) is 7.17. The van der Waals surface area contributed by atoms with Crippen molar-refractivity contribution >= 4 is 27.3 Å². The molecule has 23 heavy (non-hydrogen) atoms. The minimum atomic E-state index is 0.564. The van der Waals surface area contributed by atoms with Gasteiger partial charge in [0.15, 0.2) is 0 Å². The molecule has 1 aromatic carbocycles. The van der Waals surface area contributed by atoms with Crippen molar-refractivity contribution in [3.05, 3.63) is 50.9 Å². The fraction of sp³-hybridized carbons (Fsp3) is 0.500. The molecule has 1 unspecified atom stereocenters. The highest BCUT2D eigenvalue weighted by Gasteiger charge is 2.56. The van der Waals surface area contributed by atoms with E-state index >= 15 is 0 Å². The first-order chi connectivity index (χ1) is 11.3. The van der Waals surface area contributed by atoms with Crippen LogP contribution >= 0.6 is 27.3 Å². The van der Waals surface area contributed by atoms with Gasteiger partial charge in [0.05, 0.1) is 6.54 Å². The van der Waals surface area contributed by atoms with Gasteiger partial charge in [-0.15, -0.1) is 11.3 Å². The van der Waals surface area contributed by atoms with Gasteiger partial charge in [-0.25, -0.2) is 4.98 Å². The molecule has 1 aliphatic heterocycles. The van der Waals surface area contributed by atoms with Crippen molar-refractivity contribution in [2.75, 3.05) is 13.1 Å².